The van der Waals surface area contributed by atoms with Crippen LogP contribution in [0.2, 0.25) is 0 Å². The zero-order valence-electron chi connectivity index (χ0n) is 11.0. The van der Waals surface area contributed by atoms with Crippen LogP contribution in [0.25, 0.3) is 11.2 Å². The molecule has 112 valence electrons. The first-order valence-corrected chi connectivity index (χ1v) is 6.46. The fourth-order valence-electron chi connectivity index (χ4n) is 2.06. The quantitative estimate of drug-likeness (QED) is 0.629. The molecule has 0 unspecified atom stereocenters. The van der Waals surface area contributed by atoms with Crippen molar-refractivity contribution in [2.75, 3.05) is 13.2 Å². The van der Waals surface area contributed by atoms with Gasteiger partial charge in [0.1, 0.15) is 17.9 Å². The Labute approximate surface area is 118 Å². The minimum atomic E-state index is -4.32. The lowest BCUT2D eigenvalue weighted by molar-refractivity contribution is -0.174. The highest BCUT2D eigenvalue weighted by molar-refractivity contribution is 6.16. The van der Waals surface area contributed by atoms with Crippen LogP contribution in [0.15, 0.2) is 0 Å². The molecule has 0 radical (unpaired) electrons. The first kappa shape index (κ1) is 15.1. The highest BCUT2D eigenvalue weighted by Gasteiger charge is 2.27. The number of nitrogens with zero attached hydrogens (tertiary/aromatic N) is 4. The maximum absolute atomic E-state index is 12.0. The summed E-state index contributed by atoms with van der Waals surface area (Å²) in [5.74, 6) is 0.765. The van der Waals surface area contributed by atoms with Gasteiger partial charge in [0, 0.05) is 13.6 Å². The Bertz CT molecular complexity index is 605. The number of alkyl halides is 4. The summed E-state index contributed by atoms with van der Waals surface area (Å²) in [5, 5.41) is 4.22. The smallest absolute Gasteiger partial charge is 0.370 e. The third-order valence-corrected chi connectivity index (χ3v) is 3.05. The second kappa shape index (κ2) is 5.61. The molecule has 0 saturated heterocycles. The molecule has 0 aliphatic heterocycles. The maximum atomic E-state index is 12.0. The van der Waals surface area contributed by atoms with Crippen LogP contribution in [0.4, 0.5) is 13.2 Å². The maximum Gasteiger partial charge on any atom is 0.411 e. The van der Waals surface area contributed by atoms with Crippen molar-refractivity contribution in [2.24, 2.45) is 7.05 Å². The molecule has 5 nitrogen and oxygen atoms in total. The summed E-state index contributed by atoms with van der Waals surface area (Å²) in [6, 6.07) is 0. The zero-order valence-corrected chi connectivity index (χ0v) is 11.8. The summed E-state index contributed by atoms with van der Waals surface area (Å²) in [4.78, 5) is 4.35. The van der Waals surface area contributed by atoms with Crippen LogP contribution in [0.3, 0.4) is 0 Å². The summed E-state index contributed by atoms with van der Waals surface area (Å²) >= 11 is 5.82. The molecule has 0 bridgehead atoms. The van der Waals surface area contributed by atoms with Crippen molar-refractivity contribution >= 4 is 22.8 Å². The van der Waals surface area contributed by atoms with E-state index in [0.717, 1.165) is 11.3 Å². The predicted molar refractivity (Wildman–Crippen MR) is 67.7 cm³/mol. The Morgan fingerprint density at radius 3 is 2.65 bits per heavy atom. The average Bonchev–Trinajstić information content (AvgIpc) is 2.83. The molecule has 0 aliphatic carbocycles. The van der Waals surface area contributed by atoms with Crippen molar-refractivity contribution in [3.05, 3.63) is 11.5 Å². The van der Waals surface area contributed by atoms with Crippen molar-refractivity contribution in [2.45, 2.75) is 25.5 Å². The lowest BCUT2D eigenvalue weighted by atomic mass is 10.4. The molecule has 2 heterocycles. The second-order valence-electron chi connectivity index (χ2n) is 4.36. The number of aromatic nitrogens is 4. The van der Waals surface area contributed by atoms with E-state index in [9.17, 15) is 13.2 Å². The van der Waals surface area contributed by atoms with Crippen molar-refractivity contribution < 1.29 is 17.9 Å². The number of hydrogen-bond acceptors (Lipinski definition) is 3. The standard InChI is InChI=1S/C11H14ClF3N4O/c1-7-9-10(18(2)17-7)19(8(5-12)16-9)3-4-20-6-11(13,14)15/h3-6H2,1-2H3. The second-order valence-corrected chi connectivity index (χ2v) is 4.63. The van der Waals surface area contributed by atoms with E-state index in [-0.39, 0.29) is 19.0 Å². The van der Waals surface area contributed by atoms with Gasteiger partial charge in [-0.15, -0.1) is 11.6 Å². The third kappa shape index (κ3) is 3.06. The minimum Gasteiger partial charge on any atom is -0.370 e. The van der Waals surface area contributed by atoms with E-state index in [1.54, 1.807) is 16.3 Å². The Hall–Kier alpha value is -1.28. The van der Waals surface area contributed by atoms with Gasteiger partial charge < -0.3 is 9.30 Å². The van der Waals surface area contributed by atoms with Crippen LogP contribution >= 0.6 is 11.6 Å². The van der Waals surface area contributed by atoms with Crippen molar-refractivity contribution in [3.8, 4) is 0 Å². The Morgan fingerprint density at radius 2 is 2.05 bits per heavy atom. The van der Waals surface area contributed by atoms with Crippen LogP contribution in [-0.2, 0) is 24.2 Å². The first-order valence-electron chi connectivity index (χ1n) is 5.92. The molecule has 2 aromatic rings. The molecule has 2 rings (SSSR count). The van der Waals surface area contributed by atoms with E-state index in [1.807, 2.05) is 6.92 Å². The van der Waals surface area contributed by atoms with E-state index in [4.69, 9.17) is 11.6 Å². The SMILES string of the molecule is Cc1nn(C)c2c1nc(CCl)n2CCOCC(F)(F)F. The lowest BCUT2D eigenvalue weighted by Gasteiger charge is -2.10. The molecule has 0 aliphatic rings. The number of fused-ring (bicyclic) bond motifs is 1. The molecule has 0 aromatic carbocycles. The van der Waals surface area contributed by atoms with Gasteiger partial charge in [0.05, 0.1) is 18.2 Å². The number of ether oxygens (including phenoxy) is 1. The largest absolute Gasteiger partial charge is 0.411 e. The molecule has 0 fully saturated rings. The highest BCUT2D eigenvalue weighted by atomic mass is 35.5. The number of aryl methyl sites for hydroxylation is 2. The van der Waals surface area contributed by atoms with E-state index >= 15 is 0 Å². The Balaban J connectivity index is 2.16. The number of halogens is 4. The van der Waals surface area contributed by atoms with Crippen LogP contribution in [0.1, 0.15) is 11.5 Å². The molecule has 2 aromatic heterocycles. The predicted octanol–water partition coefficient (Wildman–Crippen LogP) is 2.40. The Kier molecular flexibility index (Phi) is 4.24. The number of imidazole rings is 1. The molecule has 0 amide bonds. The highest BCUT2D eigenvalue weighted by Crippen LogP contribution is 2.20. The number of rotatable bonds is 5. The summed E-state index contributed by atoms with van der Waals surface area (Å²) in [5.41, 5.74) is 2.19. The van der Waals surface area contributed by atoms with Gasteiger partial charge in [0.2, 0.25) is 0 Å². The topological polar surface area (TPSA) is 44.9 Å². The normalized spacial score (nSPS) is 12.5. The van der Waals surface area contributed by atoms with Crippen LogP contribution in [0.5, 0.6) is 0 Å². The van der Waals surface area contributed by atoms with Gasteiger partial charge in [-0.25, -0.2) is 4.98 Å². The van der Waals surface area contributed by atoms with Gasteiger partial charge in [0.25, 0.3) is 0 Å². The van der Waals surface area contributed by atoms with Crippen molar-refractivity contribution in [1.29, 1.82) is 0 Å². The summed E-state index contributed by atoms with van der Waals surface area (Å²) < 4.78 is 44.0. The summed E-state index contributed by atoms with van der Waals surface area (Å²) in [6.07, 6.45) is -4.32. The van der Waals surface area contributed by atoms with Gasteiger partial charge in [-0.1, -0.05) is 0 Å². The average molecular weight is 311 g/mol. The van der Waals surface area contributed by atoms with Crippen LogP contribution < -0.4 is 0 Å². The van der Waals surface area contributed by atoms with Gasteiger partial charge in [-0.05, 0) is 6.92 Å². The van der Waals surface area contributed by atoms with Crippen LogP contribution in [-0.4, -0.2) is 38.7 Å². The molecule has 0 spiro atoms. The number of hydrogen-bond donors (Lipinski definition) is 0. The molecular formula is C11H14ClF3N4O. The molecule has 0 atom stereocenters. The van der Waals surface area contributed by atoms with Crippen LogP contribution in [0, 0.1) is 6.92 Å². The van der Waals surface area contributed by atoms with Crippen molar-refractivity contribution in [1.82, 2.24) is 19.3 Å². The summed E-state index contributed by atoms with van der Waals surface area (Å²) in [6.45, 7) is 0.732. The lowest BCUT2D eigenvalue weighted by Crippen LogP contribution is -2.19. The first-order chi connectivity index (χ1) is 9.33. The Morgan fingerprint density at radius 1 is 1.35 bits per heavy atom. The van der Waals surface area contributed by atoms with E-state index in [1.165, 1.54) is 0 Å². The summed E-state index contributed by atoms with van der Waals surface area (Å²) in [7, 11) is 1.75. The zero-order chi connectivity index (χ0) is 14.9. The van der Waals surface area contributed by atoms with Gasteiger partial charge in [0.15, 0.2) is 5.65 Å². The minimum absolute atomic E-state index is 0.0704. The molecule has 0 N–H and O–H groups in total. The van der Waals surface area contributed by atoms with Crippen molar-refractivity contribution in [3.63, 3.8) is 0 Å². The molecular weight excluding hydrogens is 297 g/mol. The van der Waals surface area contributed by atoms with Gasteiger partial charge >= 0.3 is 6.18 Å². The van der Waals surface area contributed by atoms with E-state index in [2.05, 4.69) is 14.8 Å². The monoisotopic (exact) mass is 310 g/mol. The third-order valence-electron chi connectivity index (χ3n) is 2.81. The fourth-order valence-corrected chi connectivity index (χ4v) is 2.26. The van der Waals surface area contributed by atoms with E-state index in [0.29, 0.717) is 11.3 Å². The molecule has 0 saturated carbocycles. The van der Waals surface area contributed by atoms with Gasteiger partial charge in [-0.3, -0.25) is 4.68 Å². The van der Waals surface area contributed by atoms with Gasteiger partial charge in [-0.2, -0.15) is 18.3 Å². The molecule has 20 heavy (non-hydrogen) atoms. The van der Waals surface area contributed by atoms with E-state index < -0.39 is 12.8 Å². The fraction of sp³-hybridized carbons (Fsp3) is 0.636. The molecule has 9 heteroatoms.